The first-order valence-electron chi connectivity index (χ1n) is 16.4. The average Bonchev–Trinajstić information content (AvgIpc) is 3.26. The molecule has 4 N–H and O–H groups in total. The van der Waals surface area contributed by atoms with Gasteiger partial charge in [0.05, 0.1) is 12.2 Å². The van der Waals surface area contributed by atoms with Crippen molar-refractivity contribution in [2.75, 3.05) is 19.6 Å². The first-order chi connectivity index (χ1) is 19.6. The van der Waals surface area contributed by atoms with E-state index in [2.05, 4.69) is 33.0 Å². The zero-order valence-electron chi connectivity index (χ0n) is 25.8. The highest BCUT2D eigenvalue weighted by atomic mass is 32.2. The predicted molar refractivity (Wildman–Crippen MR) is 157 cm³/mol. The zero-order chi connectivity index (χ0) is 30.7. The van der Waals surface area contributed by atoms with E-state index in [1.54, 1.807) is 0 Å². The third kappa shape index (κ3) is 5.73. The number of nitrogens with one attached hydrogen (secondary N) is 2. The van der Waals surface area contributed by atoms with Gasteiger partial charge in [-0.2, -0.15) is 12.7 Å². The smallest absolute Gasteiger partial charge is 0.329 e. The molecule has 1 unspecified atom stereocenters. The van der Waals surface area contributed by atoms with Crippen LogP contribution in [-0.2, 0) is 10.2 Å². The number of rotatable bonds is 7. The number of carbonyl (C=O) groups excluding carboxylic acids is 1. The Balaban J connectivity index is 1.18. The molecule has 4 saturated carbocycles. The topological polar surface area (TPSA) is 119 Å². The van der Waals surface area contributed by atoms with Crippen molar-refractivity contribution in [3.63, 3.8) is 0 Å². The molecular weight excluding hydrogens is 564 g/mol. The molecule has 0 aromatic carbocycles. The average molecular weight is 618 g/mol. The molecule has 5 rings (SSSR count). The number of fused-ring (bicyclic) bond motifs is 5. The summed E-state index contributed by atoms with van der Waals surface area (Å²) >= 11 is 0. The van der Waals surface area contributed by atoms with Crippen molar-refractivity contribution in [1.82, 2.24) is 14.3 Å². The molecule has 1 aliphatic heterocycles. The maximum atomic E-state index is 13.4. The van der Waals surface area contributed by atoms with Crippen molar-refractivity contribution in [3.8, 4) is 0 Å². The Morgan fingerprint density at radius 2 is 1.62 bits per heavy atom. The van der Waals surface area contributed by atoms with Gasteiger partial charge >= 0.3 is 16.2 Å². The minimum Gasteiger partial charge on any atom is -0.393 e. The molecule has 0 spiro atoms. The molecule has 1 saturated heterocycles. The molecule has 11 heteroatoms. The van der Waals surface area contributed by atoms with Crippen LogP contribution in [0.4, 0.5) is 13.6 Å². The Kier molecular flexibility index (Phi) is 9.02. The van der Waals surface area contributed by atoms with Crippen LogP contribution in [0.3, 0.4) is 0 Å². The summed E-state index contributed by atoms with van der Waals surface area (Å²) in [4.78, 5) is 12.4. The maximum absolute atomic E-state index is 13.4. The lowest BCUT2D eigenvalue weighted by atomic mass is 9.41. The molecule has 242 valence electrons. The van der Waals surface area contributed by atoms with Crippen LogP contribution in [0.1, 0.15) is 98.3 Å². The standard InChI is InChI=1S/C31H53F2N3O5S/c1-5-21-25-18-20(37)8-11-30(25,4)24-9-12-29(3)22(6-7-23(29)26(24)27(21)38)19(2)10-15-34-28(39)35-42(40,41)36-16-13-31(32,33)14-17-36/h19-27,37-38H,5-18H2,1-4H3,(H2,34,35,39)/t19-,20-,21-,22-,23+,24+,25?,26+,27-,29-,30-/m1/s1. The quantitative estimate of drug-likeness (QED) is 0.324. The number of amides is 2. The number of hydrogen-bond donors (Lipinski definition) is 4. The second-order valence-corrected chi connectivity index (χ2v) is 16.7. The van der Waals surface area contributed by atoms with Gasteiger partial charge in [0.1, 0.15) is 0 Å². The Morgan fingerprint density at radius 3 is 2.29 bits per heavy atom. The predicted octanol–water partition coefficient (Wildman–Crippen LogP) is 4.91. The van der Waals surface area contributed by atoms with Gasteiger partial charge in [0.2, 0.25) is 0 Å². The molecule has 8 nitrogen and oxygen atoms in total. The van der Waals surface area contributed by atoms with Gasteiger partial charge in [-0.05, 0) is 104 Å². The van der Waals surface area contributed by atoms with Crippen molar-refractivity contribution >= 4 is 16.2 Å². The Morgan fingerprint density at radius 1 is 0.976 bits per heavy atom. The van der Waals surface area contributed by atoms with Crippen LogP contribution >= 0.6 is 0 Å². The van der Waals surface area contributed by atoms with Crippen molar-refractivity contribution in [3.05, 3.63) is 0 Å². The van der Waals surface area contributed by atoms with Crippen LogP contribution in [0.2, 0.25) is 0 Å². The molecule has 11 atom stereocenters. The second-order valence-electron chi connectivity index (χ2n) is 15.0. The summed E-state index contributed by atoms with van der Waals surface area (Å²) < 4.78 is 54.7. The third-order valence-corrected chi connectivity index (χ3v) is 14.5. The van der Waals surface area contributed by atoms with Gasteiger partial charge in [-0.25, -0.2) is 18.3 Å². The number of aliphatic hydroxyl groups is 2. The fraction of sp³-hybridized carbons (Fsp3) is 0.968. The highest BCUT2D eigenvalue weighted by molar-refractivity contribution is 7.87. The molecule has 0 aromatic heterocycles. The van der Waals surface area contributed by atoms with Crippen LogP contribution in [0.25, 0.3) is 0 Å². The number of alkyl halides is 2. The number of hydrogen-bond acceptors (Lipinski definition) is 5. The Bertz CT molecular complexity index is 1100. The van der Waals surface area contributed by atoms with E-state index >= 15 is 0 Å². The van der Waals surface area contributed by atoms with Gasteiger partial charge in [-0.15, -0.1) is 0 Å². The van der Waals surface area contributed by atoms with E-state index in [0.29, 0.717) is 42.6 Å². The molecule has 0 radical (unpaired) electrons. The normalized spacial score (nSPS) is 44.4. The van der Waals surface area contributed by atoms with Crippen molar-refractivity contribution in [1.29, 1.82) is 0 Å². The highest BCUT2D eigenvalue weighted by Crippen LogP contribution is 2.69. The Labute approximate surface area is 250 Å². The molecule has 0 bridgehead atoms. The largest absolute Gasteiger partial charge is 0.393 e. The molecule has 5 fully saturated rings. The number of aliphatic hydroxyl groups excluding tert-OH is 2. The lowest BCUT2D eigenvalue weighted by molar-refractivity contribution is -0.203. The lowest BCUT2D eigenvalue weighted by Crippen LogP contribution is -2.62. The van der Waals surface area contributed by atoms with E-state index < -0.39 is 35.0 Å². The fourth-order valence-electron chi connectivity index (χ4n) is 10.8. The molecule has 0 aromatic rings. The molecule has 5 aliphatic rings. The van der Waals surface area contributed by atoms with E-state index in [9.17, 15) is 32.2 Å². The minimum absolute atomic E-state index is 0.110. The van der Waals surface area contributed by atoms with Gasteiger partial charge in [0.25, 0.3) is 5.92 Å². The number of piperidine rings is 1. The molecule has 4 aliphatic carbocycles. The van der Waals surface area contributed by atoms with Crippen molar-refractivity contribution in [2.24, 2.45) is 52.3 Å². The van der Waals surface area contributed by atoms with E-state index in [1.165, 1.54) is 0 Å². The van der Waals surface area contributed by atoms with Crippen LogP contribution in [0, 0.1) is 52.3 Å². The second kappa shape index (κ2) is 11.7. The van der Waals surface area contributed by atoms with E-state index in [4.69, 9.17) is 0 Å². The number of nitrogens with zero attached hydrogens (tertiary/aromatic N) is 1. The fourth-order valence-corrected chi connectivity index (χ4v) is 11.9. The van der Waals surface area contributed by atoms with Gasteiger partial charge in [0, 0.05) is 32.5 Å². The first kappa shape index (κ1) is 32.4. The zero-order valence-corrected chi connectivity index (χ0v) is 26.6. The van der Waals surface area contributed by atoms with Crippen LogP contribution in [-0.4, -0.2) is 66.7 Å². The van der Waals surface area contributed by atoms with Crippen LogP contribution in [0.15, 0.2) is 0 Å². The van der Waals surface area contributed by atoms with Gasteiger partial charge in [-0.1, -0.05) is 34.1 Å². The SMILES string of the molecule is CC[C@@H]1C2C[C@H](O)CC[C@]2(C)[C@H]2CC[C@]3(C)[C@@H]([C@H](C)CCNC(=O)NS(=O)(=O)N4CCC(F)(F)CC4)CC[C@H]3[C@@H]2[C@@H]1O. The molecule has 2 amide bonds. The van der Waals surface area contributed by atoms with Crippen molar-refractivity contribution in [2.45, 2.75) is 116 Å². The van der Waals surface area contributed by atoms with Crippen LogP contribution in [0.5, 0.6) is 0 Å². The van der Waals surface area contributed by atoms with E-state index in [1.807, 2.05) is 4.72 Å². The molecule has 1 heterocycles. The summed E-state index contributed by atoms with van der Waals surface area (Å²) in [5, 5.41) is 25.1. The van der Waals surface area contributed by atoms with Gasteiger partial charge in [0.15, 0.2) is 0 Å². The van der Waals surface area contributed by atoms with E-state index in [0.717, 1.165) is 55.7 Å². The highest BCUT2D eigenvalue weighted by Gasteiger charge is 2.64. The van der Waals surface area contributed by atoms with E-state index in [-0.39, 0.29) is 48.0 Å². The Hall–Kier alpha value is -1.04. The first-order valence-corrected chi connectivity index (χ1v) is 17.9. The number of urea groups is 1. The minimum atomic E-state index is -4.16. The summed E-state index contributed by atoms with van der Waals surface area (Å²) in [6.07, 6.45) is 7.12. The van der Waals surface area contributed by atoms with Gasteiger partial charge in [-0.3, -0.25) is 0 Å². The van der Waals surface area contributed by atoms with Crippen LogP contribution < -0.4 is 10.0 Å². The molecular formula is C31H53F2N3O5S. The summed E-state index contributed by atoms with van der Waals surface area (Å²) in [5.41, 5.74) is 0.278. The van der Waals surface area contributed by atoms with Gasteiger partial charge < -0.3 is 15.5 Å². The molecule has 42 heavy (non-hydrogen) atoms. The lowest BCUT2D eigenvalue weighted by Gasteiger charge is -2.64. The summed E-state index contributed by atoms with van der Waals surface area (Å²) in [6, 6.07) is -0.827. The van der Waals surface area contributed by atoms with Crippen molar-refractivity contribution < 1.29 is 32.2 Å². The monoisotopic (exact) mass is 617 g/mol. The maximum Gasteiger partial charge on any atom is 0.329 e. The third-order valence-electron chi connectivity index (χ3n) is 13.1. The summed E-state index contributed by atoms with van der Waals surface area (Å²) in [6.45, 7) is 8.98. The number of halogens is 2. The summed E-state index contributed by atoms with van der Waals surface area (Å²) in [5.74, 6) is -0.274. The number of carbonyl (C=O) groups is 1. The summed E-state index contributed by atoms with van der Waals surface area (Å²) in [7, 11) is -4.16.